The molecule has 0 spiro atoms. The van der Waals surface area contributed by atoms with E-state index in [1.807, 2.05) is 14.1 Å². The van der Waals surface area contributed by atoms with Gasteiger partial charge in [0.1, 0.15) is 25.3 Å². The third-order valence-corrected chi connectivity index (χ3v) is 3.67. The van der Waals surface area contributed by atoms with Crippen molar-refractivity contribution in [2.75, 3.05) is 59.9 Å². The molecular formula is C15H36N3O3+. The second kappa shape index (κ2) is 10.5. The first-order chi connectivity index (χ1) is 9.70. The molecule has 4 N–H and O–H groups in total. The highest BCUT2D eigenvalue weighted by Crippen LogP contribution is 2.11. The zero-order valence-electron chi connectivity index (χ0n) is 14.4. The Morgan fingerprint density at radius 3 is 1.86 bits per heavy atom. The lowest BCUT2D eigenvalue weighted by molar-refractivity contribution is -0.931. The van der Waals surface area contributed by atoms with Crippen LogP contribution in [0.5, 0.6) is 0 Å². The summed E-state index contributed by atoms with van der Waals surface area (Å²) in [5, 5.41) is 32.3. The maximum absolute atomic E-state index is 9.84. The van der Waals surface area contributed by atoms with Crippen LogP contribution in [0.15, 0.2) is 0 Å². The SMILES string of the molecule is CNCC[N+](CCN(C)CC(C)O)(CC(C)O)CC(C)O. The molecule has 3 atom stereocenters. The van der Waals surface area contributed by atoms with Crippen LogP contribution in [0.2, 0.25) is 0 Å². The predicted molar refractivity (Wildman–Crippen MR) is 86.2 cm³/mol. The van der Waals surface area contributed by atoms with E-state index in [9.17, 15) is 15.3 Å². The fourth-order valence-electron chi connectivity index (χ4n) is 2.95. The van der Waals surface area contributed by atoms with Crippen molar-refractivity contribution in [2.24, 2.45) is 0 Å². The first-order valence-corrected chi connectivity index (χ1v) is 7.93. The number of nitrogens with zero attached hydrogens (tertiary/aromatic N) is 2. The van der Waals surface area contributed by atoms with Crippen LogP contribution >= 0.6 is 0 Å². The van der Waals surface area contributed by atoms with Crippen molar-refractivity contribution in [2.45, 2.75) is 39.1 Å². The molecule has 0 amide bonds. The Morgan fingerprint density at radius 1 is 0.952 bits per heavy atom. The van der Waals surface area contributed by atoms with E-state index >= 15 is 0 Å². The maximum atomic E-state index is 9.84. The first kappa shape index (κ1) is 20.8. The van der Waals surface area contributed by atoms with Gasteiger partial charge in [-0.2, -0.15) is 0 Å². The molecular weight excluding hydrogens is 270 g/mol. The molecule has 3 unspecified atom stereocenters. The second-order valence-corrected chi connectivity index (χ2v) is 6.57. The first-order valence-electron chi connectivity index (χ1n) is 7.93. The smallest absolute Gasteiger partial charge is 0.105 e. The van der Waals surface area contributed by atoms with E-state index < -0.39 is 12.2 Å². The summed E-state index contributed by atoms with van der Waals surface area (Å²) < 4.78 is 0.681. The lowest BCUT2D eigenvalue weighted by Crippen LogP contribution is -2.59. The van der Waals surface area contributed by atoms with Gasteiger partial charge in [-0.15, -0.1) is 0 Å². The minimum Gasteiger partial charge on any atom is -0.392 e. The van der Waals surface area contributed by atoms with Gasteiger partial charge in [0.15, 0.2) is 0 Å². The van der Waals surface area contributed by atoms with Crippen molar-refractivity contribution in [3.05, 3.63) is 0 Å². The van der Waals surface area contributed by atoms with Crippen LogP contribution in [-0.2, 0) is 0 Å². The summed E-state index contributed by atoms with van der Waals surface area (Å²) in [7, 11) is 3.91. The summed E-state index contributed by atoms with van der Waals surface area (Å²) >= 11 is 0. The Balaban J connectivity index is 4.78. The van der Waals surface area contributed by atoms with Crippen LogP contribution in [0.3, 0.4) is 0 Å². The minimum atomic E-state index is -0.400. The molecule has 0 aromatic carbocycles. The predicted octanol–water partition coefficient (Wildman–Crippen LogP) is -0.903. The third kappa shape index (κ3) is 10.2. The molecule has 128 valence electrons. The number of rotatable bonds is 12. The van der Waals surface area contributed by atoms with Crippen LogP contribution in [0.4, 0.5) is 0 Å². The molecule has 0 heterocycles. The number of likely N-dealkylation sites (N-methyl/N-ethyl adjacent to an activating group) is 2. The van der Waals surface area contributed by atoms with Crippen molar-refractivity contribution < 1.29 is 19.8 Å². The van der Waals surface area contributed by atoms with E-state index in [0.717, 1.165) is 26.2 Å². The number of aliphatic hydroxyl groups is 3. The van der Waals surface area contributed by atoms with Crippen LogP contribution in [-0.4, -0.2) is 103 Å². The third-order valence-electron chi connectivity index (χ3n) is 3.67. The van der Waals surface area contributed by atoms with Crippen molar-refractivity contribution >= 4 is 0 Å². The van der Waals surface area contributed by atoms with Gasteiger partial charge in [0.05, 0.1) is 19.2 Å². The van der Waals surface area contributed by atoms with Gasteiger partial charge in [0.25, 0.3) is 0 Å². The largest absolute Gasteiger partial charge is 0.392 e. The zero-order valence-corrected chi connectivity index (χ0v) is 14.4. The molecule has 0 aromatic rings. The summed E-state index contributed by atoms with van der Waals surface area (Å²) in [6.45, 7) is 10.7. The van der Waals surface area contributed by atoms with Gasteiger partial charge in [-0.3, -0.25) is 4.90 Å². The highest BCUT2D eigenvalue weighted by atomic mass is 16.3. The topological polar surface area (TPSA) is 76.0 Å². The number of aliphatic hydroxyl groups excluding tert-OH is 3. The zero-order chi connectivity index (χ0) is 16.5. The second-order valence-electron chi connectivity index (χ2n) is 6.57. The number of quaternary nitrogens is 1. The quantitative estimate of drug-likeness (QED) is 0.352. The molecule has 0 bridgehead atoms. The van der Waals surface area contributed by atoms with Crippen molar-refractivity contribution in [3.63, 3.8) is 0 Å². The summed E-state index contributed by atoms with van der Waals surface area (Å²) in [5.41, 5.74) is 0. The van der Waals surface area contributed by atoms with Crippen LogP contribution in [0, 0.1) is 0 Å². The Hall–Kier alpha value is -0.240. The van der Waals surface area contributed by atoms with Gasteiger partial charge in [-0.25, -0.2) is 0 Å². The van der Waals surface area contributed by atoms with Gasteiger partial charge >= 0.3 is 0 Å². The fraction of sp³-hybridized carbons (Fsp3) is 1.00. The molecule has 0 radical (unpaired) electrons. The van der Waals surface area contributed by atoms with E-state index in [4.69, 9.17) is 0 Å². The Morgan fingerprint density at radius 2 is 1.48 bits per heavy atom. The standard InChI is InChI=1S/C15H36N3O3/c1-13(19)10-17(5)7-9-18(8-6-16-4,11-14(2)20)12-15(3)21/h13-16,19-21H,6-12H2,1-5H3/q+1. The number of hydrogen-bond acceptors (Lipinski definition) is 5. The molecule has 0 aliphatic carbocycles. The van der Waals surface area contributed by atoms with Gasteiger partial charge in [-0.1, -0.05) is 0 Å². The van der Waals surface area contributed by atoms with E-state index in [1.165, 1.54) is 0 Å². The van der Waals surface area contributed by atoms with Crippen molar-refractivity contribution in [3.8, 4) is 0 Å². The highest BCUT2D eigenvalue weighted by molar-refractivity contribution is 4.60. The van der Waals surface area contributed by atoms with Gasteiger partial charge < -0.3 is 25.1 Å². The van der Waals surface area contributed by atoms with Gasteiger partial charge in [0.2, 0.25) is 0 Å². The monoisotopic (exact) mass is 306 g/mol. The number of nitrogens with one attached hydrogen (secondary N) is 1. The Bertz CT molecular complexity index is 251. The van der Waals surface area contributed by atoms with E-state index in [0.29, 0.717) is 24.1 Å². The van der Waals surface area contributed by atoms with Crippen LogP contribution < -0.4 is 5.32 Å². The summed E-state index contributed by atoms with van der Waals surface area (Å²) in [4.78, 5) is 2.10. The minimum absolute atomic E-state index is 0.345. The summed E-state index contributed by atoms with van der Waals surface area (Å²) in [5.74, 6) is 0. The molecule has 0 aliphatic heterocycles. The normalized spacial score (nSPS) is 19.3. The van der Waals surface area contributed by atoms with Crippen LogP contribution in [0.1, 0.15) is 20.8 Å². The molecule has 6 nitrogen and oxygen atoms in total. The van der Waals surface area contributed by atoms with Crippen molar-refractivity contribution in [1.82, 2.24) is 10.2 Å². The van der Waals surface area contributed by atoms with E-state index in [2.05, 4.69) is 10.2 Å². The highest BCUT2D eigenvalue weighted by Gasteiger charge is 2.30. The molecule has 21 heavy (non-hydrogen) atoms. The lowest BCUT2D eigenvalue weighted by atomic mass is 10.2. The van der Waals surface area contributed by atoms with Crippen molar-refractivity contribution in [1.29, 1.82) is 0 Å². The molecule has 0 rings (SSSR count). The average Bonchev–Trinajstić information content (AvgIpc) is 2.31. The Labute approximate surface area is 130 Å². The van der Waals surface area contributed by atoms with E-state index in [-0.39, 0.29) is 6.10 Å². The average molecular weight is 306 g/mol. The summed E-state index contributed by atoms with van der Waals surface area (Å²) in [6, 6.07) is 0. The maximum Gasteiger partial charge on any atom is 0.105 e. The number of hydrogen-bond donors (Lipinski definition) is 4. The summed E-state index contributed by atoms with van der Waals surface area (Å²) in [6.07, 6.45) is -1.15. The van der Waals surface area contributed by atoms with Crippen LogP contribution in [0.25, 0.3) is 0 Å². The fourth-order valence-corrected chi connectivity index (χ4v) is 2.95. The molecule has 0 fully saturated rings. The molecule has 0 aromatic heterocycles. The molecule has 0 saturated heterocycles. The molecule has 0 saturated carbocycles. The van der Waals surface area contributed by atoms with Gasteiger partial charge in [0, 0.05) is 19.6 Å². The van der Waals surface area contributed by atoms with E-state index in [1.54, 1.807) is 20.8 Å². The Kier molecular flexibility index (Phi) is 10.4. The van der Waals surface area contributed by atoms with Gasteiger partial charge in [-0.05, 0) is 34.9 Å². The molecule has 0 aliphatic rings. The lowest BCUT2D eigenvalue weighted by Gasteiger charge is -2.41. The molecule has 6 heteroatoms.